The van der Waals surface area contributed by atoms with E-state index < -0.39 is 0 Å². The smallest absolute Gasteiger partial charge is 0.170 e. The number of aryl methyl sites for hydroxylation is 2. The first-order valence-electron chi connectivity index (χ1n) is 5.23. The lowest BCUT2D eigenvalue weighted by Gasteiger charge is -2.09. The third-order valence-corrected chi connectivity index (χ3v) is 2.38. The molecule has 2 rings (SSSR count). The van der Waals surface area contributed by atoms with Gasteiger partial charge < -0.3 is 14.4 Å². The number of aromatic nitrogens is 4. The Kier molecular flexibility index (Phi) is 3.34. The van der Waals surface area contributed by atoms with Gasteiger partial charge in [0.2, 0.25) is 0 Å². The van der Waals surface area contributed by atoms with Crippen LogP contribution in [-0.2, 0) is 20.3 Å². The van der Waals surface area contributed by atoms with Crippen molar-refractivity contribution in [3.8, 4) is 5.75 Å². The molecule has 0 spiro atoms. The van der Waals surface area contributed by atoms with Gasteiger partial charge in [-0.25, -0.2) is 0 Å². The molecule has 2 heterocycles. The van der Waals surface area contributed by atoms with Gasteiger partial charge >= 0.3 is 0 Å². The zero-order valence-electron chi connectivity index (χ0n) is 9.79. The minimum atomic E-state index is -0.143. The van der Waals surface area contributed by atoms with Crippen molar-refractivity contribution >= 4 is 0 Å². The van der Waals surface area contributed by atoms with Gasteiger partial charge in [-0.05, 0) is 19.1 Å². The summed E-state index contributed by atoms with van der Waals surface area (Å²) in [5, 5.41) is 16.8. The van der Waals surface area contributed by atoms with Crippen LogP contribution in [0.15, 0.2) is 18.5 Å². The highest BCUT2D eigenvalue weighted by Crippen LogP contribution is 2.17. The number of hydrogen-bond donors (Lipinski definition) is 1. The Morgan fingerprint density at radius 1 is 1.41 bits per heavy atom. The molecule has 0 atom stereocenters. The Morgan fingerprint density at radius 3 is 2.88 bits per heavy atom. The van der Waals surface area contributed by atoms with Crippen LogP contribution >= 0.6 is 0 Å². The first-order chi connectivity index (χ1) is 8.20. The number of ether oxygens (including phenoxy) is 1. The Morgan fingerprint density at radius 2 is 2.24 bits per heavy atom. The first kappa shape index (κ1) is 11.5. The Balaban J connectivity index is 2.11. The number of nitrogens with zero attached hydrogens (tertiary/aromatic N) is 4. The van der Waals surface area contributed by atoms with Crippen LogP contribution in [0.5, 0.6) is 5.75 Å². The maximum absolute atomic E-state index is 9.18. The molecule has 0 fully saturated rings. The lowest BCUT2D eigenvalue weighted by Crippen LogP contribution is -2.05. The maximum Gasteiger partial charge on any atom is 0.170 e. The zero-order valence-corrected chi connectivity index (χ0v) is 9.79. The monoisotopic (exact) mass is 234 g/mol. The first-order valence-corrected chi connectivity index (χ1v) is 5.23. The molecule has 6 nitrogen and oxygen atoms in total. The molecule has 0 bridgehead atoms. The van der Waals surface area contributed by atoms with Crippen molar-refractivity contribution in [3.63, 3.8) is 0 Å². The van der Waals surface area contributed by atoms with Crippen LogP contribution in [0.25, 0.3) is 0 Å². The molecule has 0 aliphatic rings. The molecule has 0 saturated carbocycles. The Hall–Kier alpha value is -1.95. The molecule has 0 aliphatic heterocycles. The van der Waals surface area contributed by atoms with Crippen LogP contribution in [0.4, 0.5) is 0 Å². The van der Waals surface area contributed by atoms with Crippen molar-refractivity contribution in [1.29, 1.82) is 0 Å². The summed E-state index contributed by atoms with van der Waals surface area (Å²) >= 11 is 0. The van der Waals surface area contributed by atoms with Gasteiger partial charge in [0.15, 0.2) is 5.82 Å². The third-order valence-electron chi connectivity index (χ3n) is 2.38. The summed E-state index contributed by atoms with van der Waals surface area (Å²) < 4.78 is 7.34. The minimum Gasteiger partial charge on any atom is -0.484 e. The lowest BCUT2D eigenvalue weighted by molar-refractivity contribution is 0.248. The fraction of sp³-hybridized carbons (Fsp3) is 0.364. The summed E-state index contributed by atoms with van der Waals surface area (Å²) in [6.07, 6.45) is 1.61. The molecule has 0 unspecified atom stereocenters. The van der Waals surface area contributed by atoms with E-state index in [2.05, 4.69) is 15.2 Å². The van der Waals surface area contributed by atoms with E-state index in [1.807, 2.05) is 20.0 Å². The van der Waals surface area contributed by atoms with E-state index in [1.165, 1.54) is 0 Å². The summed E-state index contributed by atoms with van der Waals surface area (Å²) in [5.74, 6) is 1.29. The van der Waals surface area contributed by atoms with Crippen LogP contribution in [0, 0.1) is 6.92 Å². The summed E-state index contributed by atoms with van der Waals surface area (Å²) in [4.78, 5) is 4.20. The highest BCUT2D eigenvalue weighted by molar-refractivity contribution is 5.28. The zero-order chi connectivity index (χ0) is 12.3. The van der Waals surface area contributed by atoms with E-state index >= 15 is 0 Å². The van der Waals surface area contributed by atoms with Crippen molar-refractivity contribution < 1.29 is 9.84 Å². The van der Waals surface area contributed by atoms with Gasteiger partial charge in [0.1, 0.15) is 24.4 Å². The SMILES string of the molecule is Cc1ccc(OCc2nncn2C)c(CO)n1. The maximum atomic E-state index is 9.18. The molecule has 6 heteroatoms. The molecule has 0 aromatic carbocycles. The van der Waals surface area contributed by atoms with Crippen molar-refractivity contribution in [2.75, 3.05) is 0 Å². The van der Waals surface area contributed by atoms with E-state index in [0.717, 1.165) is 11.5 Å². The predicted octanol–water partition coefficient (Wildman–Crippen LogP) is 0.590. The summed E-state index contributed by atoms with van der Waals surface area (Å²) in [6.45, 7) is 2.02. The van der Waals surface area contributed by atoms with Gasteiger partial charge in [0.05, 0.1) is 6.61 Å². The van der Waals surface area contributed by atoms with Crippen molar-refractivity contribution in [2.24, 2.45) is 7.05 Å². The van der Waals surface area contributed by atoms with Gasteiger partial charge in [-0.3, -0.25) is 4.98 Å². The average molecular weight is 234 g/mol. The highest BCUT2D eigenvalue weighted by Gasteiger charge is 2.07. The van der Waals surface area contributed by atoms with Crippen LogP contribution in [0.3, 0.4) is 0 Å². The van der Waals surface area contributed by atoms with E-state index in [0.29, 0.717) is 18.1 Å². The van der Waals surface area contributed by atoms with Crippen LogP contribution in [-0.4, -0.2) is 24.9 Å². The predicted molar refractivity (Wildman–Crippen MR) is 60.2 cm³/mol. The largest absolute Gasteiger partial charge is 0.484 e. The molecular formula is C11H14N4O2. The van der Waals surface area contributed by atoms with Crippen LogP contribution in [0.2, 0.25) is 0 Å². The Bertz CT molecular complexity index is 510. The van der Waals surface area contributed by atoms with Crippen molar-refractivity contribution in [2.45, 2.75) is 20.1 Å². The fourth-order valence-electron chi connectivity index (χ4n) is 1.42. The molecule has 0 amide bonds. The molecule has 0 radical (unpaired) electrons. The second kappa shape index (κ2) is 4.92. The van der Waals surface area contributed by atoms with Crippen LogP contribution < -0.4 is 4.74 Å². The lowest BCUT2D eigenvalue weighted by atomic mass is 10.3. The molecule has 0 saturated heterocycles. The second-order valence-corrected chi connectivity index (χ2v) is 3.70. The standard InChI is InChI=1S/C11H14N4O2/c1-8-3-4-10(9(5-16)13-8)17-6-11-14-12-7-15(11)2/h3-4,7,16H,5-6H2,1-2H3. The Labute approximate surface area is 98.9 Å². The number of aliphatic hydroxyl groups excluding tert-OH is 1. The van der Waals surface area contributed by atoms with Crippen molar-refractivity contribution in [3.05, 3.63) is 35.7 Å². The normalized spacial score (nSPS) is 10.5. The summed E-state index contributed by atoms with van der Waals surface area (Å²) in [6, 6.07) is 3.63. The van der Waals surface area contributed by atoms with Gasteiger partial charge in [0.25, 0.3) is 0 Å². The number of hydrogen-bond acceptors (Lipinski definition) is 5. The van der Waals surface area contributed by atoms with Crippen LogP contribution in [0.1, 0.15) is 17.2 Å². The van der Waals surface area contributed by atoms with E-state index in [9.17, 15) is 5.11 Å². The van der Waals surface area contributed by atoms with Gasteiger partial charge in [-0.1, -0.05) is 0 Å². The topological polar surface area (TPSA) is 73.1 Å². The molecule has 17 heavy (non-hydrogen) atoms. The molecule has 1 N–H and O–H groups in total. The van der Waals surface area contributed by atoms with Crippen molar-refractivity contribution in [1.82, 2.24) is 19.7 Å². The average Bonchev–Trinajstić information content (AvgIpc) is 2.73. The molecule has 2 aromatic rings. The van der Waals surface area contributed by atoms with E-state index in [-0.39, 0.29) is 6.61 Å². The molecule has 2 aromatic heterocycles. The molecular weight excluding hydrogens is 220 g/mol. The number of aliphatic hydroxyl groups is 1. The van der Waals surface area contributed by atoms with Gasteiger partial charge in [0, 0.05) is 12.7 Å². The van der Waals surface area contributed by atoms with Gasteiger partial charge in [-0.15, -0.1) is 10.2 Å². The van der Waals surface area contributed by atoms with E-state index in [4.69, 9.17) is 4.74 Å². The molecule has 0 aliphatic carbocycles. The van der Waals surface area contributed by atoms with E-state index in [1.54, 1.807) is 17.0 Å². The summed E-state index contributed by atoms with van der Waals surface area (Å²) in [7, 11) is 1.85. The minimum absolute atomic E-state index is 0.143. The van der Waals surface area contributed by atoms with Gasteiger partial charge in [-0.2, -0.15) is 0 Å². The second-order valence-electron chi connectivity index (χ2n) is 3.70. The quantitative estimate of drug-likeness (QED) is 0.838. The fourth-order valence-corrected chi connectivity index (χ4v) is 1.42. The third kappa shape index (κ3) is 2.59. The summed E-state index contributed by atoms with van der Waals surface area (Å²) in [5.41, 5.74) is 1.38. The molecule has 90 valence electrons. The number of pyridine rings is 1. The number of rotatable bonds is 4. The highest BCUT2D eigenvalue weighted by atomic mass is 16.5.